The average molecular weight is 274 g/mol. The van der Waals surface area contributed by atoms with E-state index in [1.54, 1.807) is 0 Å². The van der Waals surface area contributed by atoms with Crippen molar-refractivity contribution in [2.24, 2.45) is 0 Å². The highest BCUT2D eigenvalue weighted by Crippen LogP contribution is 2.19. The molecule has 2 N–H and O–H groups in total. The molecule has 2 heterocycles. The first-order valence-corrected chi connectivity index (χ1v) is 7.26. The molecule has 3 rings (SSSR count). The van der Waals surface area contributed by atoms with Crippen LogP contribution in [0.3, 0.4) is 0 Å². The SMILES string of the molecule is CN(CCN1CCCC1)Cc1nc2ccc(N)cc2o1. The molecule has 0 radical (unpaired) electrons. The van der Waals surface area contributed by atoms with Crippen molar-refractivity contribution in [1.82, 2.24) is 14.8 Å². The number of hydrogen-bond acceptors (Lipinski definition) is 5. The van der Waals surface area contributed by atoms with Gasteiger partial charge in [-0.25, -0.2) is 4.98 Å². The number of hydrogen-bond donors (Lipinski definition) is 1. The number of benzene rings is 1. The molecule has 5 nitrogen and oxygen atoms in total. The van der Waals surface area contributed by atoms with E-state index in [0.29, 0.717) is 5.69 Å². The number of anilines is 1. The molecule has 0 amide bonds. The van der Waals surface area contributed by atoms with Gasteiger partial charge in [0.25, 0.3) is 0 Å². The highest BCUT2D eigenvalue weighted by atomic mass is 16.3. The third-order valence-electron chi connectivity index (χ3n) is 3.86. The van der Waals surface area contributed by atoms with Gasteiger partial charge in [-0.15, -0.1) is 0 Å². The first-order valence-electron chi connectivity index (χ1n) is 7.26. The topological polar surface area (TPSA) is 58.5 Å². The first kappa shape index (κ1) is 13.4. The molecule has 20 heavy (non-hydrogen) atoms. The standard InChI is InChI=1S/C15H22N4O/c1-18(8-9-19-6-2-3-7-19)11-15-17-13-5-4-12(16)10-14(13)20-15/h4-5,10H,2-3,6-9,11,16H2,1H3. The Balaban J connectivity index is 1.57. The van der Waals surface area contributed by atoms with Gasteiger partial charge >= 0.3 is 0 Å². The van der Waals surface area contributed by atoms with Gasteiger partial charge in [0.15, 0.2) is 5.58 Å². The van der Waals surface area contributed by atoms with Crippen molar-refractivity contribution in [2.75, 3.05) is 39.0 Å². The number of likely N-dealkylation sites (N-methyl/N-ethyl adjacent to an activating group) is 1. The van der Waals surface area contributed by atoms with Gasteiger partial charge in [-0.05, 0) is 45.1 Å². The van der Waals surface area contributed by atoms with Gasteiger partial charge in [0.05, 0.1) is 6.54 Å². The molecule has 1 aliphatic rings. The second kappa shape index (κ2) is 5.81. The number of likely N-dealkylation sites (tertiary alicyclic amines) is 1. The minimum atomic E-state index is 0.711. The molecule has 5 heteroatoms. The number of nitrogens with two attached hydrogens (primary N) is 1. The van der Waals surface area contributed by atoms with E-state index < -0.39 is 0 Å². The predicted molar refractivity (Wildman–Crippen MR) is 80.4 cm³/mol. The number of aromatic nitrogens is 1. The molecule has 0 atom stereocenters. The van der Waals surface area contributed by atoms with E-state index in [2.05, 4.69) is 21.8 Å². The third kappa shape index (κ3) is 3.11. The van der Waals surface area contributed by atoms with Crippen LogP contribution < -0.4 is 5.73 Å². The van der Waals surface area contributed by atoms with Crippen molar-refractivity contribution in [3.05, 3.63) is 24.1 Å². The van der Waals surface area contributed by atoms with E-state index in [-0.39, 0.29) is 0 Å². The summed E-state index contributed by atoms with van der Waals surface area (Å²) in [5, 5.41) is 0. The van der Waals surface area contributed by atoms with Gasteiger partial charge in [0.1, 0.15) is 5.52 Å². The van der Waals surface area contributed by atoms with Gasteiger partial charge in [-0.1, -0.05) is 0 Å². The molecule has 0 spiro atoms. The number of rotatable bonds is 5. The van der Waals surface area contributed by atoms with Gasteiger partial charge < -0.3 is 15.1 Å². The highest BCUT2D eigenvalue weighted by Gasteiger charge is 2.13. The van der Waals surface area contributed by atoms with E-state index in [1.807, 2.05) is 18.2 Å². The Labute approximate surface area is 119 Å². The Bertz CT molecular complexity index is 574. The lowest BCUT2D eigenvalue weighted by Gasteiger charge is -2.19. The second-order valence-electron chi connectivity index (χ2n) is 5.62. The van der Waals surface area contributed by atoms with E-state index in [1.165, 1.54) is 25.9 Å². The predicted octanol–water partition coefficient (Wildman–Crippen LogP) is 1.94. The van der Waals surface area contributed by atoms with Crippen molar-refractivity contribution >= 4 is 16.8 Å². The van der Waals surface area contributed by atoms with Gasteiger partial charge in [-0.2, -0.15) is 0 Å². The third-order valence-corrected chi connectivity index (χ3v) is 3.86. The molecule has 0 aliphatic carbocycles. The van der Waals surface area contributed by atoms with Gasteiger partial charge in [-0.3, -0.25) is 4.90 Å². The molecular weight excluding hydrogens is 252 g/mol. The molecule has 1 fully saturated rings. The van der Waals surface area contributed by atoms with E-state index in [0.717, 1.165) is 36.6 Å². The maximum absolute atomic E-state index is 5.75. The lowest BCUT2D eigenvalue weighted by Crippen LogP contribution is -2.31. The minimum absolute atomic E-state index is 0.711. The fraction of sp³-hybridized carbons (Fsp3) is 0.533. The summed E-state index contributed by atoms with van der Waals surface area (Å²) in [6, 6.07) is 5.59. The Morgan fingerprint density at radius 3 is 2.95 bits per heavy atom. The smallest absolute Gasteiger partial charge is 0.209 e. The Morgan fingerprint density at radius 1 is 1.35 bits per heavy atom. The van der Waals surface area contributed by atoms with Crippen LogP contribution in [0.5, 0.6) is 0 Å². The van der Waals surface area contributed by atoms with Gasteiger partial charge in [0.2, 0.25) is 5.89 Å². The molecule has 1 aromatic carbocycles. The fourth-order valence-electron chi connectivity index (χ4n) is 2.68. The van der Waals surface area contributed by atoms with E-state index in [9.17, 15) is 0 Å². The average Bonchev–Trinajstić information content (AvgIpc) is 3.04. The van der Waals surface area contributed by atoms with Crippen LogP contribution in [0.4, 0.5) is 5.69 Å². The maximum atomic E-state index is 5.75. The molecule has 1 saturated heterocycles. The van der Waals surface area contributed by atoms with Crippen molar-refractivity contribution in [2.45, 2.75) is 19.4 Å². The summed E-state index contributed by atoms with van der Waals surface area (Å²) < 4.78 is 5.74. The Kier molecular flexibility index (Phi) is 3.89. The molecule has 2 aromatic rings. The number of nitrogen functional groups attached to an aromatic ring is 1. The molecule has 0 saturated carbocycles. The summed E-state index contributed by atoms with van der Waals surface area (Å²) in [4.78, 5) is 9.27. The van der Waals surface area contributed by atoms with E-state index >= 15 is 0 Å². The summed E-state index contributed by atoms with van der Waals surface area (Å²) in [5.41, 5.74) is 8.11. The Hall–Kier alpha value is -1.59. The van der Waals surface area contributed by atoms with Crippen LogP contribution in [0.2, 0.25) is 0 Å². The largest absolute Gasteiger partial charge is 0.439 e. The van der Waals surface area contributed by atoms with Crippen LogP contribution in [0.1, 0.15) is 18.7 Å². The molecule has 1 aliphatic heterocycles. The van der Waals surface area contributed by atoms with Crippen LogP contribution >= 0.6 is 0 Å². The summed E-state index contributed by atoms with van der Waals surface area (Å²) in [6.07, 6.45) is 2.69. The minimum Gasteiger partial charge on any atom is -0.439 e. The zero-order valence-corrected chi connectivity index (χ0v) is 12.0. The normalized spacial score (nSPS) is 16.5. The number of fused-ring (bicyclic) bond motifs is 1. The van der Waals surface area contributed by atoms with Crippen molar-refractivity contribution in [1.29, 1.82) is 0 Å². The molecule has 0 bridgehead atoms. The first-order chi connectivity index (χ1) is 9.70. The van der Waals surface area contributed by atoms with Crippen LogP contribution in [0.15, 0.2) is 22.6 Å². The summed E-state index contributed by atoms with van der Waals surface area (Å²) >= 11 is 0. The lowest BCUT2D eigenvalue weighted by molar-refractivity contribution is 0.238. The summed E-state index contributed by atoms with van der Waals surface area (Å²) in [5.74, 6) is 0.759. The van der Waals surface area contributed by atoms with Crippen LogP contribution in [-0.4, -0.2) is 48.0 Å². The van der Waals surface area contributed by atoms with Crippen LogP contribution in [-0.2, 0) is 6.54 Å². The monoisotopic (exact) mass is 274 g/mol. The van der Waals surface area contributed by atoms with Crippen molar-refractivity contribution < 1.29 is 4.42 Å². The Morgan fingerprint density at radius 2 is 2.15 bits per heavy atom. The quantitative estimate of drug-likeness (QED) is 0.844. The molecule has 0 unspecified atom stereocenters. The van der Waals surface area contributed by atoms with Gasteiger partial charge in [0, 0.05) is 24.8 Å². The van der Waals surface area contributed by atoms with Crippen LogP contribution in [0.25, 0.3) is 11.1 Å². The van der Waals surface area contributed by atoms with Crippen LogP contribution in [0, 0.1) is 0 Å². The van der Waals surface area contributed by atoms with E-state index in [4.69, 9.17) is 10.2 Å². The highest BCUT2D eigenvalue weighted by molar-refractivity contribution is 5.76. The lowest BCUT2D eigenvalue weighted by atomic mass is 10.3. The zero-order chi connectivity index (χ0) is 13.9. The summed E-state index contributed by atoms with van der Waals surface area (Å²) in [7, 11) is 2.11. The zero-order valence-electron chi connectivity index (χ0n) is 12.0. The number of oxazole rings is 1. The number of nitrogens with zero attached hydrogens (tertiary/aromatic N) is 3. The molecule has 1 aromatic heterocycles. The summed E-state index contributed by atoms with van der Waals surface area (Å²) in [6.45, 7) is 5.40. The molecule has 108 valence electrons. The van der Waals surface area contributed by atoms with Crippen molar-refractivity contribution in [3.8, 4) is 0 Å². The fourth-order valence-corrected chi connectivity index (χ4v) is 2.68. The molecular formula is C15H22N4O. The second-order valence-corrected chi connectivity index (χ2v) is 5.62. The van der Waals surface area contributed by atoms with Crippen molar-refractivity contribution in [3.63, 3.8) is 0 Å². The maximum Gasteiger partial charge on any atom is 0.209 e.